The summed E-state index contributed by atoms with van der Waals surface area (Å²) in [6.07, 6.45) is 1.31. The number of ether oxygens (including phenoxy) is 1. The lowest BCUT2D eigenvalue weighted by Crippen LogP contribution is -2.49. The van der Waals surface area contributed by atoms with Crippen molar-refractivity contribution in [3.8, 4) is 0 Å². The molecule has 2 heterocycles. The van der Waals surface area contributed by atoms with Crippen LogP contribution in [0.5, 0.6) is 0 Å². The van der Waals surface area contributed by atoms with E-state index in [-0.39, 0.29) is 29.6 Å². The fourth-order valence-corrected chi connectivity index (χ4v) is 4.81. The third kappa shape index (κ3) is 4.14. The molecule has 3 rings (SSSR count). The van der Waals surface area contributed by atoms with E-state index in [1.807, 2.05) is 13.8 Å². The maximum atomic E-state index is 12.8. The molecule has 27 heavy (non-hydrogen) atoms. The highest BCUT2D eigenvalue weighted by Crippen LogP contribution is 2.26. The predicted molar refractivity (Wildman–Crippen MR) is 99.8 cm³/mol. The Hall–Kier alpha value is -2.39. The van der Waals surface area contributed by atoms with Gasteiger partial charge in [-0.25, -0.2) is 8.42 Å². The van der Waals surface area contributed by atoms with Crippen LogP contribution in [0.3, 0.4) is 0 Å². The number of rotatable bonds is 5. The molecule has 1 saturated heterocycles. The first-order chi connectivity index (χ1) is 12.7. The Balaban J connectivity index is 1.94. The van der Waals surface area contributed by atoms with Crippen molar-refractivity contribution >= 4 is 32.6 Å². The molecule has 2 aromatic rings. The van der Waals surface area contributed by atoms with E-state index in [1.165, 1.54) is 6.20 Å². The maximum Gasteiger partial charge on any atom is 0.242 e. The summed E-state index contributed by atoms with van der Waals surface area (Å²) in [6.45, 7) is 4.82. The summed E-state index contributed by atoms with van der Waals surface area (Å²) in [4.78, 5) is 25.6. The molecular formula is C18H23N3O5S. The van der Waals surface area contributed by atoms with Crippen LogP contribution in [-0.2, 0) is 30.7 Å². The molecule has 1 aliphatic rings. The number of nitrogens with zero attached hydrogens (tertiary/aromatic N) is 2. The number of morpholine rings is 1. The van der Waals surface area contributed by atoms with Gasteiger partial charge in [-0.15, -0.1) is 0 Å². The van der Waals surface area contributed by atoms with Crippen molar-refractivity contribution in [1.82, 2.24) is 9.47 Å². The zero-order valence-corrected chi connectivity index (χ0v) is 16.1. The van der Waals surface area contributed by atoms with Crippen molar-refractivity contribution in [2.75, 3.05) is 18.8 Å². The minimum Gasteiger partial charge on any atom is -0.372 e. The van der Waals surface area contributed by atoms with E-state index in [0.29, 0.717) is 24.0 Å². The lowest BCUT2D eigenvalue weighted by atomic mass is 10.2. The number of carbonyl (C=O) groups excluding carboxylic acids is 2. The molecular weight excluding hydrogens is 370 g/mol. The van der Waals surface area contributed by atoms with E-state index in [0.717, 1.165) is 0 Å². The van der Waals surface area contributed by atoms with Crippen molar-refractivity contribution in [2.24, 2.45) is 5.73 Å². The van der Waals surface area contributed by atoms with Crippen LogP contribution in [-0.4, -0.2) is 60.7 Å². The van der Waals surface area contributed by atoms with E-state index in [9.17, 15) is 18.0 Å². The second kappa shape index (κ2) is 7.32. The van der Waals surface area contributed by atoms with Crippen molar-refractivity contribution in [3.05, 3.63) is 30.5 Å². The van der Waals surface area contributed by atoms with Gasteiger partial charge in [0.2, 0.25) is 11.8 Å². The van der Waals surface area contributed by atoms with Gasteiger partial charge in [0.15, 0.2) is 9.84 Å². The topological polar surface area (TPSA) is 112 Å². The third-order valence-corrected chi connectivity index (χ3v) is 6.16. The van der Waals surface area contributed by atoms with Gasteiger partial charge < -0.3 is 19.9 Å². The van der Waals surface area contributed by atoms with Crippen LogP contribution >= 0.6 is 0 Å². The van der Waals surface area contributed by atoms with Gasteiger partial charge in [0, 0.05) is 30.2 Å². The molecule has 1 aliphatic heterocycles. The number of aromatic nitrogens is 1. The highest BCUT2D eigenvalue weighted by Gasteiger charge is 2.28. The minimum absolute atomic E-state index is 0.00600. The summed E-state index contributed by atoms with van der Waals surface area (Å²) < 4.78 is 32.3. The quantitative estimate of drug-likeness (QED) is 0.797. The largest absolute Gasteiger partial charge is 0.372 e. The van der Waals surface area contributed by atoms with E-state index in [4.69, 9.17) is 10.5 Å². The highest BCUT2D eigenvalue weighted by molar-refractivity contribution is 7.92. The summed E-state index contributed by atoms with van der Waals surface area (Å²) in [7, 11) is -3.88. The number of nitrogens with two attached hydrogens (primary N) is 1. The monoisotopic (exact) mass is 393 g/mol. The Morgan fingerprint density at radius 2 is 1.81 bits per heavy atom. The molecule has 0 spiro atoms. The van der Waals surface area contributed by atoms with Crippen LogP contribution in [0.2, 0.25) is 0 Å². The molecule has 8 nitrogen and oxygen atoms in total. The summed E-state index contributed by atoms with van der Waals surface area (Å²) in [5, 5.41) is 0.468. The number of para-hydroxylation sites is 1. The lowest BCUT2D eigenvalue weighted by molar-refractivity contribution is -0.143. The molecule has 0 radical (unpaired) electrons. The van der Waals surface area contributed by atoms with Crippen LogP contribution in [0.1, 0.15) is 13.8 Å². The molecule has 0 saturated carbocycles. The van der Waals surface area contributed by atoms with Crippen molar-refractivity contribution in [2.45, 2.75) is 37.5 Å². The number of primary amides is 1. The minimum atomic E-state index is -3.88. The van der Waals surface area contributed by atoms with E-state index in [2.05, 4.69) is 0 Å². The van der Waals surface area contributed by atoms with Gasteiger partial charge in [0.1, 0.15) is 12.3 Å². The zero-order valence-electron chi connectivity index (χ0n) is 15.3. The Morgan fingerprint density at radius 1 is 1.19 bits per heavy atom. The predicted octanol–water partition coefficient (Wildman–Crippen LogP) is 0.536. The second-order valence-corrected chi connectivity index (χ2v) is 8.88. The molecule has 2 N–H and O–H groups in total. The first-order valence-corrected chi connectivity index (χ1v) is 10.3. The number of fused-ring (bicyclic) bond motifs is 1. The van der Waals surface area contributed by atoms with Crippen molar-refractivity contribution < 1.29 is 22.7 Å². The molecule has 1 fully saturated rings. The lowest BCUT2D eigenvalue weighted by Gasteiger charge is -2.35. The number of hydrogen-bond donors (Lipinski definition) is 1. The first-order valence-electron chi connectivity index (χ1n) is 8.69. The Bertz CT molecular complexity index is 972. The van der Waals surface area contributed by atoms with Crippen LogP contribution in [0.15, 0.2) is 35.4 Å². The molecule has 0 unspecified atom stereocenters. The SMILES string of the molecule is C[C@@H]1CN(C(=O)Cn2cc(S(=O)(=O)CC(N)=O)c3ccccc32)C[C@@H](C)O1. The van der Waals surface area contributed by atoms with Crippen LogP contribution in [0.25, 0.3) is 10.9 Å². The second-order valence-electron chi connectivity index (χ2n) is 6.92. The van der Waals surface area contributed by atoms with E-state index in [1.54, 1.807) is 33.7 Å². The summed E-state index contributed by atoms with van der Waals surface area (Å²) in [6, 6.07) is 6.88. The highest BCUT2D eigenvalue weighted by atomic mass is 32.2. The molecule has 0 bridgehead atoms. The molecule has 0 aliphatic carbocycles. The molecule has 9 heteroatoms. The number of carbonyl (C=O) groups is 2. The number of amides is 2. The van der Waals surface area contributed by atoms with Crippen LogP contribution < -0.4 is 5.73 Å². The third-order valence-electron chi connectivity index (χ3n) is 4.50. The summed E-state index contributed by atoms with van der Waals surface area (Å²) in [5.74, 6) is -1.80. The summed E-state index contributed by atoms with van der Waals surface area (Å²) >= 11 is 0. The standard InChI is InChI=1S/C18H23N3O5S/c1-12-7-21(8-13(2)26-12)18(23)10-20-9-16(27(24,25)11-17(19)22)14-5-3-4-6-15(14)20/h3-6,9,12-13H,7-8,10-11H2,1-2H3,(H2,19,22)/t12-,13-/m1/s1. The fraction of sp³-hybridized carbons (Fsp3) is 0.444. The summed E-state index contributed by atoms with van der Waals surface area (Å²) in [5.41, 5.74) is 5.69. The smallest absolute Gasteiger partial charge is 0.242 e. The first kappa shape index (κ1) is 19.4. The Kier molecular flexibility index (Phi) is 5.25. The average Bonchev–Trinajstić information content (AvgIpc) is 2.92. The van der Waals surface area contributed by atoms with E-state index < -0.39 is 21.5 Å². The molecule has 146 valence electrons. The van der Waals surface area contributed by atoms with Gasteiger partial charge >= 0.3 is 0 Å². The van der Waals surface area contributed by atoms with Gasteiger partial charge in [-0.3, -0.25) is 9.59 Å². The molecule has 2 atom stereocenters. The number of sulfone groups is 1. The average molecular weight is 393 g/mol. The van der Waals surface area contributed by atoms with Gasteiger partial charge in [-0.1, -0.05) is 18.2 Å². The van der Waals surface area contributed by atoms with Crippen LogP contribution in [0.4, 0.5) is 0 Å². The van der Waals surface area contributed by atoms with Gasteiger partial charge in [0.05, 0.1) is 17.1 Å². The Labute approximate surface area is 157 Å². The number of benzene rings is 1. The molecule has 1 aromatic heterocycles. The zero-order chi connectivity index (χ0) is 19.8. The number of hydrogen-bond acceptors (Lipinski definition) is 5. The maximum absolute atomic E-state index is 12.8. The van der Waals surface area contributed by atoms with E-state index >= 15 is 0 Å². The fourth-order valence-electron chi connectivity index (χ4n) is 3.48. The van der Waals surface area contributed by atoms with Gasteiger partial charge in [0.25, 0.3) is 0 Å². The normalized spacial score (nSPS) is 20.7. The molecule has 2 amide bonds. The Morgan fingerprint density at radius 3 is 2.44 bits per heavy atom. The van der Waals surface area contributed by atoms with Crippen LogP contribution in [0, 0.1) is 0 Å². The van der Waals surface area contributed by atoms with Crippen molar-refractivity contribution in [3.63, 3.8) is 0 Å². The van der Waals surface area contributed by atoms with Crippen molar-refractivity contribution in [1.29, 1.82) is 0 Å². The van der Waals surface area contributed by atoms with Gasteiger partial charge in [-0.05, 0) is 19.9 Å². The molecule has 1 aromatic carbocycles. The van der Waals surface area contributed by atoms with Gasteiger partial charge in [-0.2, -0.15) is 0 Å².